The van der Waals surface area contributed by atoms with Gasteiger partial charge in [-0.2, -0.15) is 5.10 Å². The van der Waals surface area contributed by atoms with Crippen LogP contribution in [0.15, 0.2) is 18.0 Å². The first kappa shape index (κ1) is 12.9. The number of nitrogens with zero attached hydrogens (tertiary/aromatic N) is 3. The minimum atomic E-state index is 0.387. The summed E-state index contributed by atoms with van der Waals surface area (Å²) in [4.78, 5) is 4.41. The van der Waals surface area contributed by atoms with Crippen LogP contribution in [0.5, 0.6) is 0 Å². The molecule has 1 aromatic rings. The fourth-order valence-electron chi connectivity index (χ4n) is 3.49. The molecule has 2 aliphatic rings. The average Bonchev–Trinajstić information content (AvgIpc) is 2.87. The molecule has 3 atom stereocenters. The molecule has 0 bridgehead atoms. The third kappa shape index (κ3) is 2.59. The minimum Gasteiger partial charge on any atom is -0.307 e. The van der Waals surface area contributed by atoms with E-state index in [1.165, 1.54) is 25.7 Å². The molecule has 3 unspecified atom stereocenters. The lowest BCUT2D eigenvalue weighted by molar-refractivity contribution is 0.306. The predicted octanol–water partition coefficient (Wildman–Crippen LogP) is 2.70. The molecular formula is C15H24N4. The second-order valence-electron chi connectivity index (χ2n) is 6.05. The molecule has 1 aliphatic carbocycles. The Morgan fingerprint density at radius 2 is 2.32 bits per heavy atom. The molecular weight excluding hydrogens is 236 g/mol. The summed E-state index contributed by atoms with van der Waals surface area (Å²) >= 11 is 0. The highest BCUT2D eigenvalue weighted by atomic mass is 15.3. The molecule has 4 heteroatoms. The highest BCUT2D eigenvalue weighted by molar-refractivity contribution is 5.10. The van der Waals surface area contributed by atoms with Crippen LogP contribution in [-0.4, -0.2) is 21.3 Å². The summed E-state index contributed by atoms with van der Waals surface area (Å²) in [6.45, 7) is 6.75. The van der Waals surface area contributed by atoms with Crippen molar-refractivity contribution in [3.63, 3.8) is 0 Å². The second kappa shape index (κ2) is 5.45. The van der Waals surface area contributed by atoms with Gasteiger partial charge in [-0.15, -0.1) is 0 Å². The van der Waals surface area contributed by atoms with E-state index in [2.05, 4.69) is 35.3 Å². The van der Waals surface area contributed by atoms with Crippen molar-refractivity contribution in [3.8, 4) is 0 Å². The molecule has 0 spiro atoms. The topological polar surface area (TPSA) is 42.7 Å². The van der Waals surface area contributed by atoms with Crippen molar-refractivity contribution in [1.29, 1.82) is 0 Å². The molecule has 2 heterocycles. The largest absolute Gasteiger partial charge is 0.307 e. The maximum absolute atomic E-state index is 4.41. The van der Waals surface area contributed by atoms with Crippen molar-refractivity contribution in [3.05, 3.63) is 23.8 Å². The van der Waals surface area contributed by atoms with Gasteiger partial charge >= 0.3 is 0 Å². The Bertz CT molecular complexity index is 462. The van der Waals surface area contributed by atoms with Crippen molar-refractivity contribution in [2.24, 2.45) is 11.8 Å². The molecule has 3 rings (SSSR count). The normalized spacial score (nSPS) is 30.8. The maximum atomic E-state index is 4.41. The Morgan fingerprint density at radius 3 is 3.16 bits per heavy atom. The van der Waals surface area contributed by atoms with Crippen molar-refractivity contribution >= 4 is 0 Å². The summed E-state index contributed by atoms with van der Waals surface area (Å²) in [6.07, 6.45) is 9.05. The minimum absolute atomic E-state index is 0.387. The maximum Gasteiger partial charge on any atom is 0.143 e. The molecule has 0 saturated heterocycles. The van der Waals surface area contributed by atoms with E-state index in [9.17, 15) is 0 Å². The summed E-state index contributed by atoms with van der Waals surface area (Å²) in [6, 6.07) is 0.387. The zero-order valence-electron chi connectivity index (χ0n) is 12.0. The smallest absolute Gasteiger partial charge is 0.143 e. The van der Waals surface area contributed by atoms with Crippen molar-refractivity contribution in [2.45, 2.75) is 52.1 Å². The van der Waals surface area contributed by atoms with E-state index in [1.807, 2.05) is 4.68 Å². The Hall–Kier alpha value is -1.16. The van der Waals surface area contributed by atoms with Gasteiger partial charge in [0.1, 0.15) is 12.2 Å². The highest BCUT2D eigenvalue weighted by Crippen LogP contribution is 2.30. The van der Waals surface area contributed by atoms with Crippen LogP contribution in [0.1, 0.15) is 51.4 Å². The third-order valence-corrected chi connectivity index (χ3v) is 4.76. The second-order valence-corrected chi connectivity index (χ2v) is 6.05. The molecule has 0 fully saturated rings. The summed E-state index contributed by atoms with van der Waals surface area (Å²) in [5.41, 5.74) is 1.56. The summed E-state index contributed by atoms with van der Waals surface area (Å²) < 4.78 is 2.05. The van der Waals surface area contributed by atoms with Gasteiger partial charge in [0.05, 0.1) is 6.04 Å². The van der Waals surface area contributed by atoms with E-state index < -0.39 is 0 Å². The third-order valence-electron chi connectivity index (χ3n) is 4.76. The quantitative estimate of drug-likeness (QED) is 0.850. The summed E-state index contributed by atoms with van der Waals surface area (Å²) in [7, 11) is 0. The molecule has 104 valence electrons. The fourth-order valence-corrected chi connectivity index (χ4v) is 3.49. The molecule has 4 nitrogen and oxygen atoms in total. The summed E-state index contributed by atoms with van der Waals surface area (Å²) in [5.74, 6) is 2.60. The Balaban J connectivity index is 1.64. The van der Waals surface area contributed by atoms with Crippen LogP contribution in [0, 0.1) is 11.8 Å². The molecule has 1 aliphatic heterocycles. The van der Waals surface area contributed by atoms with Gasteiger partial charge in [-0.3, -0.25) is 0 Å². The van der Waals surface area contributed by atoms with E-state index in [0.29, 0.717) is 12.0 Å². The van der Waals surface area contributed by atoms with E-state index >= 15 is 0 Å². The number of nitrogens with one attached hydrogen (secondary N) is 1. The predicted molar refractivity (Wildman–Crippen MR) is 75.6 cm³/mol. The first-order valence-corrected chi connectivity index (χ1v) is 7.53. The van der Waals surface area contributed by atoms with E-state index in [0.717, 1.165) is 24.8 Å². The number of allylic oxidation sites excluding steroid dienone is 1. The highest BCUT2D eigenvalue weighted by Gasteiger charge is 2.26. The van der Waals surface area contributed by atoms with Crippen LogP contribution < -0.4 is 5.32 Å². The van der Waals surface area contributed by atoms with Crippen molar-refractivity contribution < 1.29 is 0 Å². The molecule has 0 amide bonds. The van der Waals surface area contributed by atoms with Crippen molar-refractivity contribution in [2.75, 3.05) is 6.54 Å². The van der Waals surface area contributed by atoms with Gasteiger partial charge in [-0.1, -0.05) is 18.6 Å². The van der Waals surface area contributed by atoms with Gasteiger partial charge < -0.3 is 5.32 Å². The first-order valence-electron chi connectivity index (χ1n) is 7.53. The number of rotatable bonds is 3. The molecule has 0 saturated carbocycles. The van der Waals surface area contributed by atoms with Crippen LogP contribution in [0.25, 0.3) is 0 Å². The van der Waals surface area contributed by atoms with Crippen molar-refractivity contribution in [1.82, 2.24) is 20.1 Å². The van der Waals surface area contributed by atoms with Crippen LogP contribution in [0.4, 0.5) is 0 Å². The first-order chi connectivity index (χ1) is 9.25. The van der Waals surface area contributed by atoms with Gasteiger partial charge in [0.2, 0.25) is 0 Å². The Labute approximate surface area is 115 Å². The fraction of sp³-hybridized carbons (Fsp3) is 0.733. The lowest BCUT2D eigenvalue weighted by Gasteiger charge is -2.31. The van der Waals surface area contributed by atoms with E-state index in [4.69, 9.17) is 0 Å². The number of aryl methyl sites for hydroxylation is 1. The number of aromatic nitrogens is 3. The van der Waals surface area contributed by atoms with Crippen LogP contribution >= 0.6 is 0 Å². The molecule has 1 N–H and O–H groups in total. The average molecular weight is 260 g/mol. The lowest BCUT2D eigenvalue weighted by Crippen LogP contribution is -2.35. The monoisotopic (exact) mass is 260 g/mol. The number of hydrogen-bond donors (Lipinski definition) is 1. The van der Waals surface area contributed by atoms with Gasteiger partial charge in [-0.05, 0) is 44.4 Å². The number of hydrogen-bond acceptors (Lipinski definition) is 3. The van der Waals surface area contributed by atoms with Crippen LogP contribution in [-0.2, 0) is 6.54 Å². The molecule has 19 heavy (non-hydrogen) atoms. The Morgan fingerprint density at radius 1 is 1.42 bits per heavy atom. The number of fused-ring (bicyclic) bond motifs is 1. The zero-order chi connectivity index (χ0) is 13.2. The van der Waals surface area contributed by atoms with Gasteiger partial charge in [0, 0.05) is 13.1 Å². The van der Waals surface area contributed by atoms with Gasteiger partial charge in [0.15, 0.2) is 0 Å². The SMILES string of the molecule is CC1=CCCC(C)C1CNC1CCCn2ncnc21. The Kier molecular flexibility index (Phi) is 3.69. The van der Waals surface area contributed by atoms with Gasteiger partial charge in [0.25, 0.3) is 0 Å². The van der Waals surface area contributed by atoms with Crippen LogP contribution in [0.2, 0.25) is 0 Å². The molecule has 0 radical (unpaired) electrons. The standard InChI is InChI=1S/C15H24N4/c1-11-5-3-6-12(2)13(11)9-16-14-7-4-8-19-15(14)17-10-18-19/h5,10,12-14,16H,3-4,6-9H2,1-2H3. The zero-order valence-corrected chi connectivity index (χ0v) is 12.0. The molecule has 1 aromatic heterocycles. The summed E-state index contributed by atoms with van der Waals surface area (Å²) in [5, 5.41) is 8.02. The van der Waals surface area contributed by atoms with Crippen LogP contribution in [0.3, 0.4) is 0 Å². The van der Waals surface area contributed by atoms with E-state index in [-0.39, 0.29) is 0 Å². The lowest BCUT2D eigenvalue weighted by atomic mass is 9.80. The molecule has 0 aromatic carbocycles. The van der Waals surface area contributed by atoms with E-state index in [1.54, 1.807) is 11.9 Å². The van der Waals surface area contributed by atoms with Gasteiger partial charge in [-0.25, -0.2) is 9.67 Å².